The highest BCUT2D eigenvalue weighted by molar-refractivity contribution is 4.90. The fraction of sp³-hybridized carbons (Fsp3) is 0.636. The maximum absolute atomic E-state index is 2.29. The Morgan fingerprint density at radius 2 is 1.67 bits per heavy atom. The van der Waals surface area contributed by atoms with Gasteiger partial charge in [0.15, 0.2) is 0 Å². The van der Waals surface area contributed by atoms with Gasteiger partial charge in [0.05, 0.1) is 0 Å². The molecule has 0 N–H and O–H groups in total. The summed E-state index contributed by atoms with van der Waals surface area (Å²) < 4.78 is 2.24. The molecule has 68 valence electrons. The molecule has 0 fully saturated rings. The highest BCUT2D eigenvalue weighted by Gasteiger charge is 2.08. The van der Waals surface area contributed by atoms with E-state index in [0.717, 1.165) is 6.54 Å². The van der Waals surface area contributed by atoms with E-state index in [1.165, 1.54) is 12.8 Å². The number of hydrogen-bond acceptors (Lipinski definition) is 0. The maximum atomic E-state index is 2.29. The van der Waals surface area contributed by atoms with Crippen molar-refractivity contribution in [2.45, 2.75) is 40.2 Å². The Labute approximate surface area is 75.4 Å². The highest BCUT2D eigenvalue weighted by atomic mass is 14.9. The minimum atomic E-state index is 0.479. The molecular formula is C11H19N. The molecule has 0 amide bonds. The first-order valence-corrected chi connectivity index (χ1v) is 4.69. The van der Waals surface area contributed by atoms with Gasteiger partial charge in [-0.1, -0.05) is 20.8 Å². The number of hydrogen-bond donors (Lipinski definition) is 0. The maximum Gasteiger partial charge on any atom is 0.0219 e. The summed E-state index contributed by atoms with van der Waals surface area (Å²) in [6.07, 6.45) is 6.83. The van der Waals surface area contributed by atoms with Crippen LogP contribution in [-0.2, 0) is 6.54 Å². The average Bonchev–Trinajstić information content (AvgIpc) is 2.36. The lowest BCUT2D eigenvalue weighted by molar-refractivity contribution is 0.353. The fourth-order valence-corrected chi connectivity index (χ4v) is 1.31. The van der Waals surface area contributed by atoms with E-state index < -0.39 is 0 Å². The van der Waals surface area contributed by atoms with Crippen LogP contribution in [0.5, 0.6) is 0 Å². The van der Waals surface area contributed by atoms with E-state index in [4.69, 9.17) is 0 Å². The summed E-state index contributed by atoms with van der Waals surface area (Å²) in [4.78, 5) is 0. The Morgan fingerprint density at radius 3 is 2.17 bits per heavy atom. The molecule has 0 aromatic carbocycles. The van der Waals surface area contributed by atoms with E-state index >= 15 is 0 Å². The molecule has 0 aliphatic rings. The summed E-state index contributed by atoms with van der Waals surface area (Å²) in [6.45, 7) is 8.04. The van der Waals surface area contributed by atoms with Gasteiger partial charge < -0.3 is 4.57 Å². The van der Waals surface area contributed by atoms with Crippen LogP contribution in [0.1, 0.15) is 33.6 Å². The molecule has 1 nitrogen and oxygen atoms in total. The van der Waals surface area contributed by atoms with Crippen molar-refractivity contribution in [1.82, 2.24) is 4.57 Å². The lowest BCUT2D eigenvalue weighted by Gasteiger charge is -2.17. The molecule has 0 saturated heterocycles. The number of rotatable bonds is 3. The van der Waals surface area contributed by atoms with Gasteiger partial charge in [-0.25, -0.2) is 0 Å². The van der Waals surface area contributed by atoms with Crippen LogP contribution < -0.4 is 0 Å². The third-order valence-electron chi connectivity index (χ3n) is 2.01. The smallest absolute Gasteiger partial charge is 0.0219 e. The van der Waals surface area contributed by atoms with E-state index in [-0.39, 0.29) is 0 Å². The van der Waals surface area contributed by atoms with Gasteiger partial charge >= 0.3 is 0 Å². The first kappa shape index (κ1) is 9.37. The van der Waals surface area contributed by atoms with Crippen LogP contribution in [0.4, 0.5) is 0 Å². The zero-order valence-corrected chi connectivity index (χ0v) is 8.38. The Hall–Kier alpha value is -0.720. The minimum Gasteiger partial charge on any atom is -0.354 e. The fourth-order valence-electron chi connectivity index (χ4n) is 1.31. The van der Waals surface area contributed by atoms with Gasteiger partial charge in [0.2, 0.25) is 0 Å². The third kappa shape index (κ3) is 3.61. The molecule has 0 aliphatic carbocycles. The number of aryl methyl sites for hydroxylation is 1. The predicted octanol–water partition coefficient (Wildman–Crippen LogP) is 3.31. The molecule has 0 aliphatic heterocycles. The molecule has 0 radical (unpaired) electrons. The van der Waals surface area contributed by atoms with Crippen LogP contribution in [0.3, 0.4) is 0 Å². The van der Waals surface area contributed by atoms with E-state index in [1.54, 1.807) is 0 Å². The SMILES string of the molecule is CC(C)(C)CCCn1cccc1. The molecule has 1 heteroatoms. The molecule has 1 heterocycles. The molecular weight excluding hydrogens is 146 g/mol. The standard InChI is InChI=1S/C11H19N/c1-11(2,3)7-6-10-12-8-4-5-9-12/h4-5,8-9H,6-7,10H2,1-3H3. The minimum absolute atomic E-state index is 0.479. The molecule has 0 bridgehead atoms. The van der Waals surface area contributed by atoms with Crippen molar-refractivity contribution >= 4 is 0 Å². The van der Waals surface area contributed by atoms with Crippen LogP contribution in [0.25, 0.3) is 0 Å². The second-order valence-corrected chi connectivity index (χ2v) is 4.59. The molecule has 1 aromatic heterocycles. The monoisotopic (exact) mass is 165 g/mol. The van der Waals surface area contributed by atoms with Crippen molar-refractivity contribution in [1.29, 1.82) is 0 Å². The summed E-state index contributed by atoms with van der Waals surface area (Å²) in [7, 11) is 0. The van der Waals surface area contributed by atoms with Crippen molar-refractivity contribution in [3.63, 3.8) is 0 Å². The second-order valence-electron chi connectivity index (χ2n) is 4.59. The van der Waals surface area contributed by atoms with Crippen molar-refractivity contribution in [2.75, 3.05) is 0 Å². The van der Waals surface area contributed by atoms with Crippen LogP contribution >= 0.6 is 0 Å². The molecule has 0 spiro atoms. The van der Waals surface area contributed by atoms with E-state index in [9.17, 15) is 0 Å². The largest absolute Gasteiger partial charge is 0.354 e. The van der Waals surface area contributed by atoms with Gasteiger partial charge in [-0.05, 0) is 30.4 Å². The van der Waals surface area contributed by atoms with Gasteiger partial charge in [-0.2, -0.15) is 0 Å². The topological polar surface area (TPSA) is 4.93 Å². The summed E-state index contributed by atoms with van der Waals surface area (Å²) in [5.74, 6) is 0. The first-order valence-electron chi connectivity index (χ1n) is 4.69. The van der Waals surface area contributed by atoms with Gasteiger partial charge in [-0.15, -0.1) is 0 Å². The Balaban J connectivity index is 2.20. The normalized spacial score (nSPS) is 11.9. The highest BCUT2D eigenvalue weighted by Crippen LogP contribution is 2.20. The second kappa shape index (κ2) is 3.79. The summed E-state index contributed by atoms with van der Waals surface area (Å²) in [5, 5.41) is 0. The summed E-state index contributed by atoms with van der Waals surface area (Å²) in [6, 6.07) is 4.16. The molecule has 1 rings (SSSR count). The molecule has 12 heavy (non-hydrogen) atoms. The van der Waals surface area contributed by atoms with Crippen molar-refractivity contribution < 1.29 is 0 Å². The van der Waals surface area contributed by atoms with Crippen molar-refractivity contribution in [3.8, 4) is 0 Å². The zero-order chi connectivity index (χ0) is 9.03. The van der Waals surface area contributed by atoms with Gasteiger partial charge in [0.1, 0.15) is 0 Å². The lowest BCUT2D eigenvalue weighted by Crippen LogP contribution is -2.06. The lowest BCUT2D eigenvalue weighted by atomic mass is 9.91. The van der Waals surface area contributed by atoms with E-state index in [1.807, 2.05) is 0 Å². The molecule has 0 saturated carbocycles. The molecule has 1 aromatic rings. The Bertz CT molecular complexity index is 203. The Morgan fingerprint density at radius 1 is 1.08 bits per heavy atom. The van der Waals surface area contributed by atoms with E-state index in [0.29, 0.717) is 5.41 Å². The summed E-state index contributed by atoms with van der Waals surface area (Å²) >= 11 is 0. The third-order valence-corrected chi connectivity index (χ3v) is 2.01. The molecule has 0 atom stereocenters. The zero-order valence-electron chi connectivity index (χ0n) is 8.38. The van der Waals surface area contributed by atoms with Crippen LogP contribution in [0.2, 0.25) is 0 Å². The van der Waals surface area contributed by atoms with Gasteiger partial charge in [-0.3, -0.25) is 0 Å². The number of aromatic nitrogens is 1. The van der Waals surface area contributed by atoms with Crippen LogP contribution in [0.15, 0.2) is 24.5 Å². The molecule has 0 unspecified atom stereocenters. The van der Waals surface area contributed by atoms with Gasteiger partial charge in [0.25, 0.3) is 0 Å². The van der Waals surface area contributed by atoms with Crippen LogP contribution in [0, 0.1) is 5.41 Å². The van der Waals surface area contributed by atoms with Crippen LogP contribution in [-0.4, -0.2) is 4.57 Å². The average molecular weight is 165 g/mol. The van der Waals surface area contributed by atoms with Gasteiger partial charge in [0, 0.05) is 18.9 Å². The van der Waals surface area contributed by atoms with Crippen molar-refractivity contribution in [2.24, 2.45) is 5.41 Å². The number of nitrogens with zero attached hydrogens (tertiary/aromatic N) is 1. The Kier molecular flexibility index (Phi) is 2.96. The first-order chi connectivity index (χ1) is 5.58. The predicted molar refractivity (Wildman–Crippen MR) is 53.1 cm³/mol. The van der Waals surface area contributed by atoms with E-state index in [2.05, 4.69) is 49.9 Å². The summed E-state index contributed by atoms with van der Waals surface area (Å²) in [5.41, 5.74) is 0.479. The van der Waals surface area contributed by atoms with Crippen molar-refractivity contribution in [3.05, 3.63) is 24.5 Å². The quantitative estimate of drug-likeness (QED) is 0.647.